The van der Waals surface area contributed by atoms with E-state index < -0.39 is 0 Å². The van der Waals surface area contributed by atoms with E-state index in [0.29, 0.717) is 30.6 Å². The zero-order valence-corrected chi connectivity index (χ0v) is 17.1. The van der Waals surface area contributed by atoms with Gasteiger partial charge in [-0.2, -0.15) is 5.10 Å². The van der Waals surface area contributed by atoms with E-state index in [2.05, 4.69) is 15.1 Å². The van der Waals surface area contributed by atoms with Crippen molar-refractivity contribution in [3.63, 3.8) is 0 Å². The van der Waals surface area contributed by atoms with Gasteiger partial charge in [0, 0.05) is 22.6 Å². The minimum Gasteiger partial charge on any atom is -0.475 e. The number of benzene rings is 1. The lowest BCUT2D eigenvalue weighted by Crippen LogP contribution is -2.08. The second-order valence-electron chi connectivity index (χ2n) is 7.43. The zero-order valence-electron chi connectivity index (χ0n) is 17.1. The third kappa shape index (κ3) is 3.56. The molecule has 8 heteroatoms. The van der Waals surface area contributed by atoms with Gasteiger partial charge in [-0.3, -0.25) is 4.98 Å². The highest BCUT2D eigenvalue weighted by Gasteiger charge is 2.20. The average molecular weight is 414 g/mol. The van der Waals surface area contributed by atoms with Gasteiger partial charge in [-0.15, -0.1) is 0 Å². The van der Waals surface area contributed by atoms with Gasteiger partial charge >= 0.3 is 0 Å². The number of aromatic nitrogens is 4. The van der Waals surface area contributed by atoms with Gasteiger partial charge in [0.15, 0.2) is 5.82 Å². The summed E-state index contributed by atoms with van der Waals surface area (Å²) in [4.78, 5) is 13.8. The van der Waals surface area contributed by atoms with E-state index in [-0.39, 0.29) is 12.6 Å². The first-order valence-corrected chi connectivity index (χ1v) is 10.1. The lowest BCUT2D eigenvalue weighted by Gasteiger charge is -2.11. The van der Waals surface area contributed by atoms with Crippen molar-refractivity contribution >= 4 is 16.8 Å². The minimum atomic E-state index is -0.165. The van der Waals surface area contributed by atoms with Crippen LogP contribution in [0.3, 0.4) is 0 Å². The Kier molecular flexibility index (Phi) is 4.93. The number of aliphatic imine (C=N–C) groups is 1. The number of ether oxygens (including phenoxy) is 1. The topological polar surface area (TPSA) is 111 Å². The number of aliphatic hydroxyl groups excluding tert-OH is 1. The largest absolute Gasteiger partial charge is 0.475 e. The molecule has 3 N–H and O–H groups in total. The number of rotatable bonds is 5. The van der Waals surface area contributed by atoms with E-state index in [0.717, 1.165) is 33.4 Å². The maximum atomic E-state index is 9.48. The molecule has 3 aromatic heterocycles. The van der Waals surface area contributed by atoms with Crippen molar-refractivity contribution in [3.05, 3.63) is 71.7 Å². The van der Waals surface area contributed by atoms with Gasteiger partial charge in [-0.1, -0.05) is 12.1 Å². The molecule has 4 aromatic rings. The fourth-order valence-corrected chi connectivity index (χ4v) is 3.67. The maximum absolute atomic E-state index is 9.48. The highest BCUT2D eigenvalue weighted by Crippen LogP contribution is 2.30. The molecule has 1 atom stereocenters. The summed E-state index contributed by atoms with van der Waals surface area (Å²) in [6, 6.07) is 15.2. The summed E-state index contributed by atoms with van der Waals surface area (Å²) in [6.45, 7) is 2.97. The lowest BCUT2D eigenvalue weighted by molar-refractivity contribution is 0.276. The van der Waals surface area contributed by atoms with Crippen LogP contribution in [0, 0.1) is 0 Å². The number of nitrogens with zero attached hydrogens (tertiary/aromatic N) is 5. The molecule has 156 valence electrons. The molecule has 1 aromatic carbocycles. The number of fused-ring (bicyclic) bond motifs is 1. The van der Waals surface area contributed by atoms with Gasteiger partial charge < -0.3 is 15.6 Å². The Labute approximate surface area is 179 Å². The van der Waals surface area contributed by atoms with E-state index in [1.165, 1.54) is 0 Å². The first-order valence-electron chi connectivity index (χ1n) is 10.1. The molecular formula is C23H22N6O2. The van der Waals surface area contributed by atoms with Crippen LogP contribution in [0.2, 0.25) is 0 Å². The monoisotopic (exact) mass is 414 g/mol. The predicted molar refractivity (Wildman–Crippen MR) is 118 cm³/mol. The Bertz CT molecular complexity index is 1290. The maximum Gasteiger partial charge on any atom is 0.217 e. The van der Waals surface area contributed by atoms with Gasteiger partial charge in [-0.25, -0.2) is 14.7 Å². The summed E-state index contributed by atoms with van der Waals surface area (Å²) in [5.74, 6) is 1.23. The average Bonchev–Trinajstić information content (AvgIpc) is 3.49. The van der Waals surface area contributed by atoms with Crippen LogP contribution in [0.4, 0.5) is 0 Å². The van der Waals surface area contributed by atoms with Gasteiger partial charge in [0.2, 0.25) is 5.90 Å². The fourth-order valence-electron chi connectivity index (χ4n) is 3.67. The molecule has 5 rings (SSSR count). The number of nitrogens with two attached hydrogens (primary N) is 1. The van der Waals surface area contributed by atoms with Gasteiger partial charge in [0.1, 0.15) is 6.61 Å². The van der Waals surface area contributed by atoms with Crippen LogP contribution in [0.5, 0.6) is 0 Å². The highest BCUT2D eigenvalue weighted by molar-refractivity contribution is 6.08. The second-order valence-corrected chi connectivity index (χ2v) is 7.43. The fraction of sp³-hybridized carbons (Fsp3) is 0.217. The number of pyridine rings is 2. The van der Waals surface area contributed by atoms with E-state index in [1.54, 1.807) is 16.9 Å². The molecule has 0 spiro atoms. The third-order valence-electron chi connectivity index (χ3n) is 5.21. The molecule has 0 radical (unpaired) electrons. The summed E-state index contributed by atoms with van der Waals surface area (Å²) in [5.41, 5.74) is 10.9. The number of aliphatic hydroxyl groups is 1. The summed E-state index contributed by atoms with van der Waals surface area (Å²) in [7, 11) is 0. The zero-order chi connectivity index (χ0) is 21.4. The molecule has 8 nitrogen and oxygen atoms in total. The standard InChI is InChI=1S/C23H22N6O2/c1-14(24)19-5-3-6-20(28-19)15-10-17(23-25-8-9-31-23)18-12-26-29(21(18)11-15)22-7-2-4-16(13-30)27-22/h2-7,10-12,14,30H,8-9,13,24H2,1H3. The van der Waals surface area contributed by atoms with Crippen LogP contribution in [0.25, 0.3) is 28.0 Å². The molecule has 0 bridgehead atoms. The Morgan fingerprint density at radius 1 is 1.16 bits per heavy atom. The molecule has 1 aliphatic rings. The quantitative estimate of drug-likeness (QED) is 0.519. The first-order chi connectivity index (χ1) is 15.1. The van der Waals surface area contributed by atoms with Crippen molar-refractivity contribution in [3.8, 4) is 17.1 Å². The van der Waals surface area contributed by atoms with E-state index in [4.69, 9.17) is 15.5 Å². The van der Waals surface area contributed by atoms with Crippen LogP contribution in [0.15, 0.2) is 59.7 Å². The van der Waals surface area contributed by atoms with Crippen molar-refractivity contribution in [1.82, 2.24) is 19.7 Å². The lowest BCUT2D eigenvalue weighted by atomic mass is 10.0. The Balaban J connectivity index is 1.74. The normalized spacial score (nSPS) is 14.5. The van der Waals surface area contributed by atoms with Crippen LogP contribution in [0.1, 0.15) is 29.9 Å². The molecule has 0 aliphatic carbocycles. The number of hydrogen-bond donors (Lipinski definition) is 2. The van der Waals surface area contributed by atoms with Crippen molar-refractivity contribution in [2.75, 3.05) is 13.2 Å². The van der Waals surface area contributed by atoms with Gasteiger partial charge in [-0.05, 0) is 43.3 Å². The molecule has 1 aliphatic heterocycles. The van der Waals surface area contributed by atoms with Crippen molar-refractivity contribution in [2.45, 2.75) is 19.6 Å². The van der Waals surface area contributed by atoms with Crippen molar-refractivity contribution in [2.24, 2.45) is 10.7 Å². The van der Waals surface area contributed by atoms with Gasteiger partial charge in [0.25, 0.3) is 0 Å². The van der Waals surface area contributed by atoms with Crippen LogP contribution >= 0.6 is 0 Å². The molecule has 1 unspecified atom stereocenters. The molecule has 0 saturated heterocycles. The summed E-state index contributed by atoms with van der Waals surface area (Å²) in [6.07, 6.45) is 1.79. The smallest absolute Gasteiger partial charge is 0.217 e. The Morgan fingerprint density at radius 3 is 2.81 bits per heavy atom. The van der Waals surface area contributed by atoms with Crippen LogP contribution in [-0.2, 0) is 11.3 Å². The van der Waals surface area contributed by atoms with Crippen molar-refractivity contribution in [1.29, 1.82) is 0 Å². The first kappa shape index (κ1) is 19.3. The van der Waals surface area contributed by atoms with E-state index in [1.807, 2.05) is 49.4 Å². The Morgan fingerprint density at radius 2 is 2.03 bits per heavy atom. The molecular weight excluding hydrogens is 392 g/mol. The molecule has 0 saturated carbocycles. The highest BCUT2D eigenvalue weighted by atomic mass is 16.5. The molecule has 0 fully saturated rings. The minimum absolute atomic E-state index is 0.137. The summed E-state index contributed by atoms with van der Waals surface area (Å²) >= 11 is 0. The predicted octanol–water partition coefficient (Wildman–Crippen LogP) is 2.77. The molecule has 0 amide bonds. The Hall–Kier alpha value is -3.62. The van der Waals surface area contributed by atoms with Gasteiger partial charge in [0.05, 0.1) is 41.9 Å². The second kappa shape index (κ2) is 7.90. The van der Waals surface area contributed by atoms with Crippen LogP contribution in [-0.4, -0.2) is 43.9 Å². The summed E-state index contributed by atoms with van der Waals surface area (Å²) < 4.78 is 7.53. The summed E-state index contributed by atoms with van der Waals surface area (Å²) in [5, 5.41) is 15.0. The van der Waals surface area contributed by atoms with Crippen molar-refractivity contribution < 1.29 is 9.84 Å². The molecule has 4 heterocycles. The van der Waals surface area contributed by atoms with E-state index in [9.17, 15) is 5.11 Å². The van der Waals surface area contributed by atoms with E-state index >= 15 is 0 Å². The van der Waals surface area contributed by atoms with Crippen LogP contribution < -0.4 is 5.73 Å². The SMILES string of the molecule is CC(N)c1cccc(-c2cc(C3=NCCO3)c3cnn(-c4cccc(CO)n4)c3c2)n1. The molecule has 31 heavy (non-hydrogen) atoms. The third-order valence-corrected chi connectivity index (χ3v) is 5.21. The number of hydrogen-bond acceptors (Lipinski definition) is 7.